The molecule has 148 valence electrons. The van der Waals surface area contributed by atoms with E-state index in [0.29, 0.717) is 23.4 Å². The number of ether oxygens (including phenoxy) is 2. The Bertz CT molecular complexity index is 1070. The Morgan fingerprint density at radius 2 is 1.55 bits per heavy atom. The third kappa shape index (κ3) is 4.90. The van der Waals surface area contributed by atoms with Gasteiger partial charge in [0.05, 0.1) is 31.9 Å². The lowest BCUT2D eigenvalue weighted by Crippen LogP contribution is -2.22. The molecule has 7 heteroatoms. The number of rotatable bonds is 6. The van der Waals surface area contributed by atoms with Gasteiger partial charge in [0.2, 0.25) is 0 Å². The van der Waals surface area contributed by atoms with E-state index in [4.69, 9.17) is 4.74 Å². The number of aromatic nitrogens is 1. The Morgan fingerprint density at radius 3 is 2.17 bits per heavy atom. The number of anilines is 1. The van der Waals surface area contributed by atoms with Crippen LogP contribution in [0.5, 0.6) is 5.75 Å². The largest absolute Gasteiger partial charge is 0.497 e. The molecule has 1 aromatic heterocycles. The number of hydrogen-bond acceptors (Lipinski definition) is 5. The van der Waals surface area contributed by atoms with Gasteiger partial charge in [-0.05, 0) is 48.0 Å². The quantitative estimate of drug-likeness (QED) is 0.652. The van der Waals surface area contributed by atoms with E-state index in [0.717, 1.165) is 11.3 Å². The van der Waals surface area contributed by atoms with Gasteiger partial charge >= 0.3 is 5.97 Å². The number of carbonyl (C=O) groups is 2. The Labute approximate surface area is 167 Å². The number of nitrogens with zero attached hydrogens (tertiary/aromatic N) is 1. The van der Waals surface area contributed by atoms with Crippen LogP contribution in [-0.2, 0) is 11.3 Å². The summed E-state index contributed by atoms with van der Waals surface area (Å²) in [5.74, 6) is -0.0831. The summed E-state index contributed by atoms with van der Waals surface area (Å²) in [4.78, 5) is 36.2. The number of hydrogen-bond donors (Lipinski definition) is 1. The second kappa shape index (κ2) is 8.88. The molecule has 1 amide bonds. The van der Waals surface area contributed by atoms with Gasteiger partial charge in [-0.3, -0.25) is 9.59 Å². The molecule has 1 N–H and O–H groups in total. The fourth-order valence-electron chi connectivity index (χ4n) is 2.73. The molecule has 0 aliphatic rings. The molecule has 0 saturated heterocycles. The van der Waals surface area contributed by atoms with Crippen molar-refractivity contribution in [3.63, 3.8) is 0 Å². The number of esters is 1. The summed E-state index contributed by atoms with van der Waals surface area (Å²) in [6.07, 6.45) is 1.52. The van der Waals surface area contributed by atoms with Crippen molar-refractivity contribution in [1.82, 2.24) is 4.57 Å². The van der Waals surface area contributed by atoms with E-state index in [9.17, 15) is 14.4 Å². The van der Waals surface area contributed by atoms with Crippen molar-refractivity contribution >= 4 is 17.6 Å². The van der Waals surface area contributed by atoms with Crippen molar-refractivity contribution in [2.24, 2.45) is 0 Å². The summed E-state index contributed by atoms with van der Waals surface area (Å²) in [7, 11) is 2.89. The summed E-state index contributed by atoms with van der Waals surface area (Å²) < 4.78 is 11.2. The highest BCUT2D eigenvalue weighted by Crippen LogP contribution is 2.14. The molecule has 0 saturated carbocycles. The predicted molar refractivity (Wildman–Crippen MR) is 109 cm³/mol. The highest BCUT2D eigenvalue weighted by Gasteiger charge is 2.10. The zero-order valence-corrected chi connectivity index (χ0v) is 16.0. The first-order valence-corrected chi connectivity index (χ1v) is 8.83. The number of amides is 1. The minimum absolute atomic E-state index is 0.209. The summed E-state index contributed by atoms with van der Waals surface area (Å²) in [6, 6.07) is 16.5. The lowest BCUT2D eigenvalue weighted by atomic mass is 10.2. The van der Waals surface area contributed by atoms with Crippen molar-refractivity contribution in [2.45, 2.75) is 6.54 Å². The Morgan fingerprint density at radius 1 is 0.897 bits per heavy atom. The number of carbonyl (C=O) groups excluding carboxylic acids is 2. The molecule has 3 rings (SSSR count). The first kappa shape index (κ1) is 19.9. The lowest BCUT2D eigenvalue weighted by Gasteiger charge is -2.10. The Kier molecular flexibility index (Phi) is 6.09. The van der Waals surface area contributed by atoms with Gasteiger partial charge in [0.25, 0.3) is 11.5 Å². The standard InChI is InChI=1S/C22H20N2O5/c1-28-19-10-3-15(4-11-19)13-24-14-17(7-12-20(24)25)21(26)23-18-8-5-16(6-9-18)22(27)29-2/h3-12,14H,13H2,1-2H3,(H,23,26). The van der Waals surface area contributed by atoms with Crippen LogP contribution in [0.4, 0.5) is 5.69 Å². The monoisotopic (exact) mass is 392 g/mol. The highest BCUT2D eigenvalue weighted by atomic mass is 16.5. The molecule has 7 nitrogen and oxygen atoms in total. The molecule has 0 radical (unpaired) electrons. The summed E-state index contributed by atoms with van der Waals surface area (Å²) in [5.41, 5.74) is 1.95. The third-order valence-corrected chi connectivity index (χ3v) is 4.32. The molecule has 0 unspecified atom stereocenters. The van der Waals surface area contributed by atoms with Gasteiger partial charge in [-0.1, -0.05) is 12.1 Å². The molecular formula is C22H20N2O5. The molecule has 0 aliphatic carbocycles. The fraction of sp³-hybridized carbons (Fsp3) is 0.136. The van der Waals surface area contributed by atoms with Crippen molar-refractivity contribution < 1.29 is 19.1 Å². The molecule has 1 heterocycles. The summed E-state index contributed by atoms with van der Waals surface area (Å²) in [5, 5.41) is 2.75. The topological polar surface area (TPSA) is 86.6 Å². The van der Waals surface area contributed by atoms with Crippen LogP contribution in [0.15, 0.2) is 71.7 Å². The first-order chi connectivity index (χ1) is 14.0. The zero-order chi connectivity index (χ0) is 20.8. The van der Waals surface area contributed by atoms with Crippen molar-refractivity contribution in [1.29, 1.82) is 0 Å². The van der Waals surface area contributed by atoms with Crippen LogP contribution in [0.3, 0.4) is 0 Å². The number of benzene rings is 2. The molecule has 2 aromatic carbocycles. The second-order valence-electron chi connectivity index (χ2n) is 6.26. The van der Waals surface area contributed by atoms with Crippen molar-refractivity contribution in [2.75, 3.05) is 19.5 Å². The van der Waals surface area contributed by atoms with Crippen LogP contribution in [-0.4, -0.2) is 30.7 Å². The Balaban J connectivity index is 1.74. The molecule has 0 spiro atoms. The maximum absolute atomic E-state index is 12.6. The van der Waals surface area contributed by atoms with Crippen LogP contribution in [0, 0.1) is 0 Å². The van der Waals surface area contributed by atoms with Crippen LogP contribution in [0.2, 0.25) is 0 Å². The van der Waals surface area contributed by atoms with E-state index in [1.807, 2.05) is 24.3 Å². The first-order valence-electron chi connectivity index (χ1n) is 8.83. The van der Waals surface area contributed by atoms with Gasteiger partial charge in [-0.15, -0.1) is 0 Å². The maximum Gasteiger partial charge on any atom is 0.337 e. The van der Waals surface area contributed by atoms with Gasteiger partial charge in [0.1, 0.15) is 5.75 Å². The second-order valence-corrected chi connectivity index (χ2v) is 6.26. The van der Waals surface area contributed by atoms with E-state index in [1.54, 1.807) is 31.4 Å². The molecular weight excluding hydrogens is 372 g/mol. The average molecular weight is 392 g/mol. The SMILES string of the molecule is COC(=O)c1ccc(NC(=O)c2ccc(=O)n(Cc3ccc(OC)cc3)c2)cc1. The minimum atomic E-state index is -0.450. The predicted octanol–water partition coefficient (Wildman–Crippen LogP) is 2.94. The van der Waals surface area contributed by atoms with Gasteiger partial charge in [0.15, 0.2) is 0 Å². The molecule has 0 aliphatic heterocycles. The zero-order valence-electron chi connectivity index (χ0n) is 16.0. The van der Waals surface area contributed by atoms with Crippen molar-refractivity contribution in [3.8, 4) is 5.75 Å². The minimum Gasteiger partial charge on any atom is -0.497 e. The molecule has 0 bridgehead atoms. The van der Waals surface area contributed by atoms with E-state index in [1.165, 1.54) is 30.0 Å². The summed E-state index contributed by atoms with van der Waals surface area (Å²) in [6.45, 7) is 0.331. The molecule has 0 atom stereocenters. The Hall–Kier alpha value is -3.87. The van der Waals surface area contributed by atoms with E-state index < -0.39 is 5.97 Å². The van der Waals surface area contributed by atoms with Gasteiger partial charge < -0.3 is 19.4 Å². The van der Waals surface area contributed by atoms with Gasteiger partial charge in [-0.2, -0.15) is 0 Å². The smallest absolute Gasteiger partial charge is 0.337 e. The van der Waals surface area contributed by atoms with E-state index in [-0.39, 0.29) is 11.5 Å². The highest BCUT2D eigenvalue weighted by molar-refractivity contribution is 6.04. The average Bonchev–Trinajstić information content (AvgIpc) is 2.75. The van der Waals surface area contributed by atoms with Crippen LogP contribution in [0.1, 0.15) is 26.3 Å². The normalized spacial score (nSPS) is 10.3. The van der Waals surface area contributed by atoms with Gasteiger partial charge in [0, 0.05) is 18.0 Å². The van der Waals surface area contributed by atoms with Crippen LogP contribution < -0.4 is 15.6 Å². The van der Waals surface area contributed by atoms with Gasteiger partial charge in [-0.25, -0.2) is 4.79 Å². The maximum atomic E-state index is 12.6. The molecule has 0 fully saturated rings. The lowest BCUT2D eigenvalue weighted by molar-refractivity contribution is 0.0600. The summed E-state index contributed by atoms with van der Waals surface area (Å²) >= 11 is 0. The van der Waals surface area contributed by atoms with Crippen LogP contribution >= 0.6 is 0 Å². The van der Waals surface area contributed by atoms with E-state index in [2.05, 4.69) is 10.1 Å². The van der Waals surface area contributed by atoms with E-state index >= 15 is 0 Å². The number of nitrogens with one attached hydrogen (secondary N) is 1. The van der Waals surface area contributed by atoms with Crippen LogP contribution in [0.25, 0.3) is 0 Å². The van der Waals surface area contributed by atoms with Crippen molar-refractivity contribution in [3.05, 3.63) is 93.9 Å². The third-order valence-electron chi connectivity index (χ3n) is 4.32. The molecule has 3 aromatic rings. The fourth-order valence-corrected chi connectivity index (χ4v) is 2.73. The number of methoxy groups -OCH3 is 2. The molecule has 29 heavy (non-hydrogen) atoms. The number of pyridine rings is 1.